The lowest BCUT2D eigenvalue weighted by Crippen LogP contribution is -2.54. The lowest BCUT2D eigenvalue weighted by molar-refractivity contribution is -0.136. The predicted octanol–water partition coefficient (Wildman–Crippen LogP) is 1.49. The van der Waals surface area contributed by atoms with Gasteiger partial charge in [-0.1, -0.05) is 28.1 Å². The maximum absolute atomic E-state index is 12.7. The molecule has 25 heavy (non-hydrogen) atoms. The van der Waals surface area contributed by atoms with Crippen molar-refractivity contribution in [1.82, 2.24) is 10.2 Å². The van der Waals surface area contributed by atoms with Gasteiger partial charge in [-0.25, -0.2) is 8.42 Å². The van der Waals surface area contributed by atoms with Gasteiger partial charge in [0.2, 0.25) is 11.8 Å². The Hall–Kier alpha value is -1.41. The molecule has 1 atom stereocenters. The zero-order chi connectivity index (χ0) is 18.8. The molecular weight excluding hydrogens is 408 g/mol. The summed E-state index contributed by atoms with van der Waals surface area (Å²) in [6.07, 6.45) is 0. The highest BCUT2D eigenvalue weighted by Gasteiger charge is 2.34. The van der Waals surface area contributed by atoms with Crippen molar-refractivity contribution < 1.29 is 18.0 Å². The van der Waals surface area contributed by atoms with Crippen LogP contribution < -0.4 is 5.32 Å². The molecular formula is C17H23BrN2O4S. The Morgan fingerprint density at radius 1 is 1.16 bits per heavy atom. The summed E-state index contributed by atoms with van der Waals surface area (Å²) in [5.41, 5.74) is 0.0532. The standard InChI is InChI=1S/C17H23BrN2O4S/c1-12(15(21)20-8-10-25(23,24)11-9-20)19-16(22)17(2,3)13-4-6-14(18)7-5-13/h4-7,12H,8-11H2,1-3H3,(H,19,22). The topological polar surface area (TPSA) is 83.6 Å². The number of amides is 2. The summed E-state index contributed by atoms with van der Waals surface area (Å²) in [6.45, 7) is 5.59. The van der Waals surface area contributed by atoms with E-state index in [4.69, 9.17) is 0 Å². The molecule has 1 unspecified atom stereocenters. The van der Waals surface area contributed by atoms with Crippen LogP contribution in [0.3, 0.4) is 0 Å². The molecule has 0 radical (unpaired) electrons. The first-order valence-electron chi connectivity index (χ1n) is 8.09. The Kier molecular flexibility index (Phi) is 5.93. The molecule has 6 nitrogen and oxygen atoms in total. The molecule has 1 fully saturated rings. The number of benzene rings is 1. The summed E-state index contributed by atoms with van der Waals surface area (Å²) >= 11 is 3.37. The molecule has 0 bridgehead atoms. The second-order valence-electron chi connectivity index (χ2n) is 6.80. The summed E-state index contributed by atoms with van der Waals surface area (Å²) in [7, 11) is -3.05. The van der Waals surface area contributed by atoms with Crippen LogP contribution >= 0.6 is 15.9 Å². The number of nitrogens with zero attached hydrogens (tertiary/aromatic N) is 1. The van der Waals surface area contributed by atoms with Gasteiger partial charge in [0.25, 0.3) is 0 Å². The largest absolute Gasteiger partial charge is 0.344 e. The third kappa shape index (κ3) is 4.82. The number of carbonyl (C=O) groups excluding carboxylic acids is 2. The van der Waals surface area contributed by atoms with Gasteiger partial charge >= 0.3 is 0 Å². The van der Waals surface area contributed by atoms with Crippen LogP contribution in [0.4, 0.5) is 0 Å². The van der Waals surface area contributed by atoms with Crippen LogP contribution in [-0.4, -0.2) is 55.8 Å². The quantitative estimate of drug-likeness (QED) is 0.783. The van der Waals surface area contributed by atoms with Gasteiger partial charge < -0.3 is 10.2 Å². The van der Waals surface area contributed by atoms with E-state index < -0.39 is 21.3 Å². The van der Waals surface area contributed by atoms with Gasteiger partial charge in [-0.05, 0) is 38.5 Å². The van der Waals surface area contributed by atoms with E-state index in [0.717, 1.165) is 10.0 Å². The average Bonchev–Trinajstić information content (AvgIpc) is 2.54. The molecule has 0 aromatic heterocycles. The van der Waals surface area contributed by atoms with Crippen LogP contribution in [0.15, 0.2) is 28.7 Å². The smallest absolute Gasteiger partial charge is 0.244 e. The molecule has 2 rings (SSSR count). The normalized spacial score (nSPS) is 18.5. The van der Waals surface area contributed by atoms with Gasteiger partial charge in [0.05, 0.1) is 16.9 Å². The molecule has 1 heterocycles. The second-order valence-corrected chi connectivity index (χ2v) is 10.0. The Balaban J connectivity index is 2.01. The molecule has 8 heteroatoms. The number of nitrogens with one attached hydrogen (secondary N) is 1. The van der Waals surface area contributed by atoms with E-state index in [-0.39, 0.29) is 36.4 Å². The lowest BCUT2D eigenvalue weighted by Gasteiger charge is -2.31. The molecule has 1 aromatic rings. The molecule has 1 aliphatic rings. The van der Waals surface area contributed by atoms with Crippen molar-refractivity contribution in [2.45, 2.75) is 32.2 Å². The molecule has 0 spiro atoms. The monoisotopic (exact) mass is 430 g/mol. The Morgan fingerprint density at radius 3 is 2.20 bits per heavy atom. The number of carbonyl (C=O) groups is 2. The second kappa shape index (κ2) is 7.45. The molecule has 1 aromatic carbocycles. The fourth-order valence-corrected chi connectivity index (χ4v) is 4.11. The van der Waals surface area contributed by atoms with Crippen LogP contribution in [-0.2, 0) is 24.8 Å². The van der Waals surface area contributed by atoms with Crippen LogP contribution in [0.2, 0.25) is 0 Å². The van der Waals surface area contributed by atoms with E-state index in [1.807, 2.05) is 24.3 Å². The Labute approximate surface area is 157 Å². The number of hydrogen-bond acceptors (Lipinski definition) is 4. The molecule has 0 aliphatic carbocycles. The van der Waals surface area contributed by atoms with Crippen molar-refractivity contribution in [2.24, 2.45) is 0 Å². The highest BCUT2D eigenvalue weighted by molar-refractivity contribution is 9.10. The first kappa shape index (κ1) is 19.9. The number of rotatable bonds is 4. The number of hydrogen-bond donors (Lipinski definition) is 1. The molecule has 1 aliphatic heterocycles. The predicted molar refractivity (Wildman–Crippen MR) is 100 cm³/mol. The first-order valence-corrected chi connectivity index (χ1v) is 10.7. The van der Waals surface area contributed by atoms with Gasteiger partial charge in [0.15, 0.2) is 9.84 Å². The maximum Gasteiger partial charge on any atom is 0.244 e. The number of halogens is 1. The third-order valence-electron chi connectivity index (χ3n) is 4.51. The van der Waals surface area contributed by atoms with Gasteiger partial charge in [-0.3, -0.25) is 9.59 Å². The van der Waals surface area contributed by atoms with Crippen molar-refractivity contribution in [2.75, 3.05) is 24.6 Å². The van der Waals surface area contributed by atoms with E-state index in [1.165, 1.54) is 4.90 Å². The fraction of sp³-hybridized carbons (Fsp3) is 0.529. The Morgan fingerprint density at radius 2 is 1.68 bits per heavy atom. The number of sulfone groups is 1. The summed E-state index contributed by atoms with van der Waals surface area (Å²) in [5.74, 6) is -0.553. The van der Waals surface area contributed by atoms with Crippen molar-refractivity contribution in [3.05, 3.63) is 34.3 Å². The van der Waals surface area contributed by atoms with Crippen molar-refractivity contribution >= 4 is 37.6 Å². The van der Waals surface area contributed by atoms with Gasteiger partial charge in [-0.2, -0.15) is 0 Å². The van der Waals surface area contributed by atoms with Crippen molar-refractivity contribution in [3.63, 3.8) is 0 Å². The van der Waals surface area contributed by atoms with Crippen molar-refractivity contribution in [3.8, 4) is 0 Å². The van der Waals surface area contributed by atoms with Crippen LogP contribution in [0, 0.1) is 0 Å². The lowest BCUT2D eigenvalue weighted by atomic mass is 9.83. The molecule has 1 saturated heterocycles. The highest BCUT2D eigenvalue weighted by atomic mass is 79.9. The molecule has 2 amide bonds. The summed E-state index contributed by atoms with van der Waals surface area (Å²) in [4.78, 5) is 26.6. The average molecular weight is 431 g/mol. The van der Waals surface area contributed by atoms with Crippen LogP contribution in [0.25, 0.3) is 0 Å². The van der Waals surface area contributed by atoms with E-state index >= 15 is 0 Å². The fourth-order valence-electron chi connectivity index (χ4n) is 2.64. The van der Waals surface area contributed by atoms with Gasteiger partial charge in [-0.15, -0.1) is 0 Å². The highest BCUT2D eigenvalue weighted by Crippen LogP contribution is 2.25. The van der Waals surface area contributed by atoms with Gasteiger partial charge in [0.1, 0.15) is 6.04 Å². The van der Waals surface area contributed by atoms with Crippen LogP contribution in [0.1, 0.15) is 26.3 Å². The van der Waals surface area contributed by atoms with E-state index in [1.54, 1.807) is 20.8 Å². The SMILES string of the molecule is CC(NC(=O)C(C)(C)c1ccc(Br)cc1)C(=O)N1CCS(=O)(=O)CC1. The van der Waals surface area contributed by atoms with E-state index in [9.17, 15) is 18.0 Å². The zero-order valence-electron chi connectivity index (χ0n) is 14.6. The summed E-state index contributed by atoms with van der Waals surface area (Å²) in [5, 5.41) is 2.76. The maximum atomic E-state index is 12.7. The minimum absolute atomic E-state index is 0.0240. The third-order valence-corrected chi connectivity index (χ3v) is 6.65. The minimum Gasteiger partial charge on any atom is -0.344 e. The summed E-state index contributed by atoms with van der Waals surface area (Å²) in [6, 6.07) is 6.76. The van der Waals surface area contributed by atoms with Gasteiger partial charge in [0, 0.05) is 17.6 Å². The molecule has 1 N–H and O–H groups in total. The zero-order valence-corrected chi connectivity index (χ0v) is 17.0. The minimum atomic E-state index is -3.05. The van der Waals surface area contributed by atoms with E-state index in [2.05, 4.69) is 21.2 Å². The van der Waals surface area contributed by atoms with Crippen LogP contribution in [0.5, 0.6) is 0 Å². The van der Waals surface area contributed by atoms with Crippen molar-refractivity contribution in [1.29, 1.82) is 0 Å². The molecule has 0 saturated carbocycles. The van der Waals surface area contributed by atoms with E-state index in [0.29, 0.717) is 0 Å². The summed E-state index contributed by atoms with van der Waals surface area (Å²) < 4.78 is 23.9. The first-order chi connectivity index (χ1) is 11.5. The molecule has 138 valence electrons. The Bertz CT molecular complexity index is 745.